The quantitative estimate of drug-likeness (QED) is 0.929. The minimum atomic E-state index is -0.0117. The van der Waals surface area contributed by atoms with Crippen LogP contribution in [0.3, 0.4) is 0 Å². The van der Waals surface area contributed by atoms with Gasteiger partial charge < -0.3 is 9.84 Å². The van der Waals surface area contributed by atoms with Crippen LogP contribution in [0.25, 0.3) is 0 Å². The van der Waals surface area contributed by atoms with Crippen LogP contribution in [-0.2, 0) is 4.79 Å². The normalized spacial score (nSPS) is 19.4. The third kappa shape index (κ3) is 3.73. The van der Waals surface area contributed by atoms with E-state index in [2.05, 4.69) is 22.3 Å². The number of hydrogen-bond acceptors (Lipinski definition) is 4. The van der Waals surface area contributed by atoms with Crippen molar-refractivity contribution in [3.8, 4) is 0 Å². The monoisotopic (exact) mass is 301 g/mol. The molecule has 6 heteroatoms. The molecule has 0 unspecified atom stereocenters. The third-order valence-electron chi connectivity index (χ3n) is 3.71. The molecule has 0 bridgehead atoms. The molecule has 0 spiro atoms. The van der Waals surface area contributed by atoms with Crippen LogP contribution < -0.4 is 5.32 Å². The van der Waals surface area contributed by atoms with E-state index in [0.29, 0.717) is 5.76 Å². The first-order chi connectivity index (χ1) is 9.13. The summed E-state index contributed by atoms with van der Waals surface area (Å²) >= 11 is 0. The number of amides is 1. The topological polar surface area (TPSA) is 58.4 Å². The maximum absolute atomic E-state index is 12.4. The summed E-state index contributed by atoms with van der Waals surface area (Å²) in [5.41, 5.74) is 1.47. The molecule has 0 aromatic carbocycles. The molecule has 1 aliphatic rings. The largest absolute Gasteiger partial charge is 0.359 e. The molecule has 1 atom stereocenters. The second-order valence-corrected chi connectivity index (χ2v) is 5.24. The van der Waals surface area contributed by atoms with Gasteiger partial charge in [0.2, 0.25) is 5.91 Å². The summed E-state index contributed by atoms with van der Waals surface area (Å²) in [5.74, 6) is 0.742. The van der Waals surface area contributed by atoms with Crippen LogP contribution in [0.4, 0.5) is 5.69 Å². The predicted molar refractivity (Wildman–Crippen MR) is 81.4 cm³/mol. The van der Waals surface area contributed by atoms with E-state index in [1.54, 1.807) is 0 Å². The summed E-state index contributed by atoms with van der Waals surface area (Å²) in [7, 11) is 0. The zero-order valence-corrected chi connectivity index (χ0v) is 13.3. The van der Waals surface area contributed by atoms with E-state index in [1.165, 1.54) is 6.42 Å². The molecule has 5 nitrogen and oxygen atoms in total. The molecule has 1 amide bonds. The summed E-state index contributed by atoms with van der Waals surface area (Å²) in [6, 6.07) is -0.0117. The minimum Gasteiger partial charge on any atom is -0.359 e. The van der Waals surface area contributed by atoms with Crippen molar-refractivity contribution >= 4 is 24.0 Å². The molecule has 1 aromatic heterocycles. The highest BCUT2D eigenvalue weighted by Crippen LogP contribution is 2.22. The summed E-state index contributed by atoms with van der Waals surface area (Å²) in [6.45, 7) is 7.82. The summed E-state index contributed by atoms with van der Waals surface area (Å²) in [4.78, 5) is 14.7. The maximum atomic E-state index is 12.4. The Labute approximate surface area is 126 Å². The molecule has 1 aliphatic heterocycles. The van der Waals surface area contributed by atoms with Gasteiger partial charge in [0.25, 0.3) is 0 Å². The van der Waals surface area contributed by atoms with Crippen LogP contribution in [0.1, 0.15) is 44.1 Å². The highest BCUT2D eigenvalue weighted by atomic mass is 35.5. The number of piperidine rings is 1. The SMILES string of the molecule is CCCN1CCCC[C@H]1C(=O)Nc1c(C)noc1C.Cl. The molecule has 1 saturated heterocycles. The van der Waals surface area contributed by atoms with Crippen molar-refractivity contribution in [2.75, 3.05) is 18.4 Å². The fraction of sp³-hybridized carbons (Fsp3) is 0.714. The lowest BCUT2D eigenvalue weighted by Crippen LogP contribution is -2.47. The van der Waals surface area contributed by atoms with Crippen molar-refractivity contribution in [3.63, 3.8) is 0 Å². The van der Waals surface area contributed by atoms with E-state index in [0.717, 1.165) is 43.7 Å². The molecule has 2 heterocycles. The second-order valence-electron chi connectivity index (χ2n) is 5.24. The van der Waals surface area contributed by atoms with Crippen molar-refractivity contribution in [2.45, 2.75) is 52.5 Å². The molecular formula is C14H24ClN3O2. The Bertz CT molecular complexity index is 426. The van der Waals surface area contributed by atoms with Gasteiger partial charge in [0, 0.05) is 0 Å². The summed E-state index contributed by atoms with van der Waals surface area (Å²) < 4.78 is 5.08. The molecule has 1 aromatic rings. The number of carbonyl (C=O) groups excluding carboxylic acids is 1. The Morgan fingerprint density at radius 3 is 2.80 bits per heavy atom. The number of aromatic nitrogens is 1. The fourth-order valence-electron chi connectivity index (χ4n) is 2.71. The number of nitrogens with one attached hydrogen (secondary N) is 1. The van der Waals surface area contributed by atoms with E-state index in [1.807, 2.05) is 13.8 Å². The maximum Gasteiger partial charge on any atom is 0.241 e. The van der Waals surface area contributed by atoms with Crippen LogP contribution in [0.15, 0.2) is 4.52 Å². The predicted octanol–water partition coefficient (Wildman–Crippen LogP) is 2.92. The summed E-state index contributed by atoms with van der Waals surface area (Å²) in [5, 5.41) is 6.85. The van der Waals surface area contributed by atoms with Crippen molar-refractivity contribution in [1.82, 2.24) is 10.1 Å². The van der Waals surface area contributed by atoms with Crippen LogP contribution in [0, 0.1) is 13.8 Å². The first kappa shape index (κ1) is 17.0. The van der Waals surface area contributed by atoms with Gasteiger partial charge >= 0.3 is 0 Å². The Morgan fingerprint density at radius 1 is 1.45 bits per heavy atom. The Morgan fingerprint density at radius 2 is 2.20 bits per heavy atom. The van der Waals surface area contributed by atoms with E-state index >= 15 is 0 Å². The molecule has 0 saturated carbocycles. The number of likely N-dealkylation sites (tertiary alicyclic amines) is 1. The van der Waals surface area contributed by atoms with Gasteiger partial charge in [-0.1, -0.05) is 18.5 Å². The number of aryl methyl sites for hydroxylation is 2. The van der Waals surface area contributed by atoms with Gasteiger partial charge in [-0.3, -0.25) is 9.69 Å². The lowest BCUT2D eigenvalue weighted by molar-refractivity contribution is -0.122. The van der Waals surface area contributed by atoms with Gasteiger partial charge in [-0.25, -0.2) is 0 Å². The molecule has 20 heavy (non-hydrogen) atoms. The van der Waals surface area contributed by atoms with Crippen molar-refractivity contribution in [3.05, 3.63) is 11.5 Å². The zero-order valence-electron chi connectivity index (χ0n) is 12.4. The zero-order chi connectivity index (χ0) is 13.8. The second kappa shape index (κ2) is 7.64. The highest BCUT2D eigenvalue weighted by Gasteiger charge is 2.29. The fourth-order valence-corrected chi connectivity index (χ4v) is 2.71. The van der Waals surface area contributed by atoms with E-state index in [-0.39, 0.29) is 24.4 Å². The third-order valence-corrected chi connectivity index (χ3v) is 3.71. The average Bonchev–Trinajstić information content (AvgIpc) is 2.71. The lowest BCUT2D eigenvalue weighted by Gasteiger charge is -2.34. The van der Waals surface area contributed by atoms with Crippen LogP contribution in [-0.4, -0.2) is 35.1 Å². The standard InChI is InChI=1S/C14H23N3O2.ClH/c1-4-8-17-9-6-5-7-12(17)14(18)15-13-10(2)16-19-11(13)3;/h12H,4-9H2,1-3H3,(H,15,18);1H/t12-;/m0./s1. The molecule has 0 radical (unpaired) electrons. The van der Waals surface area contributed by atoms with Gasteiger partial charge in [-0.05, 0) is 46.2 Å². The first-order valence-electron chi connectivity index (χ1n) is 7.11. The van der Waals surface area contributed by atoms with Crippen molar-refractivity contribution < 1.29 is 9.32 Å². The molecule has 114 valence electrons. The Balaban J connectivity index is 0.00000200. The number of hydrogen-bond donors (Lipinski definition) is 1. The molecular weight excluding hydrogens is 278 g/mol. The van der Waals surface area contributed by atoms with Crippen molar-refractivity contribution in [2.24, 2.45) is 0 Å². The van der Waals surface area contributed by atoms with Crippen LogP contribution in [0.5, 0.6) is 0 Å². The highest BCUT2D eigenvalue weighted by molar-refractivity contribution is 5.95. The van der Waals surface area contributed by atoms with Crippen molar-refractivity contribution in [1.29, 1.82) is 0 Å². The van der Waals surface area contributed by atoms with Gasteiger partial charge in [0.15, 0.2) is 5.76 Å². The molecule has 2 rings (SSSR count). The van der Waals surface area contributed by atoms with E-state index in [9.17, 15) is 4.79 Å². The number of nitrogens with zero attached hydrogens (tertiary/aromatic N) is 2. The minimum absolute atomic E-state index is 0. The smallest absolute Gasteiger partial charge is 0.241 e. The Hall–Kier alpha value is -1.07. The van der Waals surface area contributed by atoms with Gasteiger partial charge in [0.1, 0.15) is 11.4 Å². The number of anilines is 1. The Kier molecular flexibility index (Phi) is 6.49. The molecule has 1 N–H and O–H groups in total. The van der Waals surface area contributed by atoms with Gasteiger partial charge in [-0.15, -0.1) is 12.4 Å². The van der Waals surface area contributed by atoms with Crippen LogP contribution in [0.2, 0.25) is 0 Å². The van der Waals surface area contributed by atoms with E-state index in [4.69, 9.17) is 4.52 Å². The van der Waals surface area contributed by atoms with Gasteiger partial charge in [-0.2, -0.15) is 0 Å². The number of rotatable bonds is 4. The summed E-state index contributed by atoms with van der Waals surface area (Å²) in [6.07, 6.45) is 4.33. The number of carbonyl (C=O) groups is 1. The lowest BCUT2D eigenvalue weighted by atomic mass is 10.0. The van der Waals surface area contributed by atoms with Gasteiger partial charge in [0.05, 0.1) is 6.04 Å². The average molecular weight is 302 g/mol. The number of halogens is 1. The van der Waals surface area contributed by atoms with E-state index < -0.39 is 0 Å². The molecule has 0 aliphatic carbocycles. The van der Waals surface area contributed by atoms with Crippen LogP contribution >= 0.6 is 12.4 Å². The molecule has 1 fully saturated rings. The first-order valence-corrected chi connectivity index (χ1v) is 7.11.